The summed E-state index contributed by atoms with van der Waals surface area (Å²) >= 11 is 0. The molecule has 0 aliphatic heterocycles. The zero-order valence-corrected chi connectivity index (χ0v) is 9.79. The van der Waals surface area contributed by atoms with Crippen LogP contribution in [0.3, 0.4) is 0 Å². The lowest BCUT2D eigenvalue weighted by molar-refractivity contribution is -0.152. The number of hydrogen-bond donors (Lipinski definition) is 1. The Morgan fingerprint density at radius 2 is 1.79 bits per heavy atom. The average Bonchev–Trinajstić information content (AvgIpc) is 1.94. The van der Waals surface area contributed by atoms with Crippen molar-refractivity contribution in [3.63, 3.8) is 0 Å². The molecule has 0 saturated heterocycles. The summed E-state index contributed by atoms with van der Waals surface area (Å²) in [6.45, 7) is 12.8. The fourth-order valence-electron chi connectivity index (χ4n) is 1.12. The van der Waals surface area contributed by atoms with Gasteiger partial charge in [-0.15, -0.1) is 6.58 Å². The quantitative estimate of drug-likeness (QED) is 0.701. The molecule has 0 unspecified atom stereocenters. The van der Waals surface area contributed by atoms with Crippen LogP contribution in [0.1, 0.15) is 34.6 Å². The van der Waals surface area contributed by atoms with Gasteiger partial charge in [0.05, 0.1) is 0 Å². The molecule has 14 heavy (non-hydrogen) atoms. The molecular weight excluding hydrogens is 178 g/mol. The van der Waals surface area contributed by atoms with Crippen LogP contribution < -0.4 is 0 Å². The monoisotopic (exact) mass is 199 g/mol. The Morgan fingerprint density at radius 1 is 1.36 bits per heavy atom. The molecule has 0 spiro atoms. The lowest BCUT2D eigenvalue weighted by Gasteiger charge is -2.38. The third kappa shape index (κ3) is 3.50. The van der Waals surface area contributed by atoms with E-state index >= 15 is 0 Å². The standard InChI is InChI=1S/C11H21NO2/c1-7-8-12(10(2,3)4)9(13)11(5,6)14/h7,14H,1,8H2,2-6H3. The van der Waals surface area contributed by atoms with Gasteiger partial charge in [0.25, 0.3) is 5.91 Å². The third-order valence-corrected chi connectivity index (χ3v) is 1.89. The summed E-state index contributed by atoms with van der Waals surface area (Å²) in [4.78, 5) is 13.4. The van der Waals surface area contributed by atoms with E-state index in [9.17, 15) is 9.90 Å². The topological polar surface area (TPSA) is 40.5 Å². The summed E-state index contributed by atoms with van der Waals surface area (Å²) in [6.07, 6.45) is 1.66. The number of amides is 1. The molecule has 0 aromatic carbocycles. The highest BCUT2D eigenvalue weighted by molar-refractivity contribution is 5.84. The minimum Gasteiger partial charge on any atom is -0.381 e. The predicted molar refractivity (Wildman–Crippen MR) is 58.0 cm³/mol. The van der Waals surface area contributed by atoms with Crippen molar-refractivity contribution in [2.75, 3.05) is 6.54 Å². The molecule has 1 amide bonds. The van der Waals surface area contributed by atoms with E-state index in [0.29, 0.717) is 6.54 Å². The largest absolute Gasteiger partial charge is 0.381 e. The maximum Gasteiger partial charge on any atom is 0.254 e. The van der Waals surface area contributed by atoms with Gasteiger partial charge in [-0.2, -0.15) is 0 Å². The van der Waals surface area contributed by atoms with Crippen molar-refractivity contribution in [2.45, 2.75) is 45.8 Å². The molecule has 0 atom stereocenters. The molecule has 82 valence electrons. The predicted octanol–water partition coefficient (Wildman–Crippen LogP) is 1.57. The Balaban J connectivity index is 4.85. The molecule has 0 heterocycles. The number of nitrogens with zero attached hydrogens (tertiary/aromatic N) is 1. The van der Waals surface area contributed by atoms with E-state index in [4.69, 9.17) is 0 Å². The van der Waals surface area contributed by atoms with Crippen LogP contribution in [0.2, 0.25) is 0 Å². The van der Waals surface area contributed by atoms with E-state index in [0.717, 1.165) is 0 Å². The van der Waals surface area contributed by atoms with E-state index in [2.05, 4.69) is 6.58 Å². The van der Waals surface area contributed by atoms with E-state index in [1.165, 1.54) is 13.8 Å². The normalized spacial score (nSPS) is 12.4. The minimum atomic E-state index is -1.32. The van der Waals surface area contributed by atoms with Crippen LogP contribution in [0.5, 0.6) is 0 Å². The molecule has 0 rings (SSSR count). The van der Waals surface area contributed by atoms with Crippen molar-refractivity contribution in [3.05, 3.63) is 12.7 Å². The van der Waals surface area contributed by atoms with Crippen LogP contribution in [0.4, 0.5) is 0 Å². The van der Waals surface area contributed by atoms with Crippen molar-refractivity contribution in [1.29, 1.82) is 0 Å². The van der Waals surface area contributed by atoms with Gasteiger partial charge in [0, 0.05) is 12.1 Å². The summed E-state index contributed by atoms with van der Waals surface area (Å²) in [5, 5.41) is 9.62. The zero-order valence-electron chi connectivity index (χ0n) is 9.79. The van der Waals surface area contributed by atoms with Gasteiger partial charge in [-0.25, -0.2) is 0 Å². The van der Waals surface area contributed by atoms with Gasteiger partial charge in [-0.1, -0.05) is 6.08 Å². The van der Waals surface area contributed by atoms with Crippen LogP contribution >= 0.6 is 0 Å². The lowest BCUT2D eigenvalue weighted by Crippen LogP contribution is -2.53. The van der Waals surface area contributed by atoms with Crippen molar-refractivity contribution >= 4 is 5.91 Å². The summed E-state index contributed by atoms with van der Waals surface area (Å²) in [5.41, 5.74) is -1.62. The molecule has 0 aromatic rings. The highest BCUT2D eigenvalue weighted by atomic mass is 16.3. The van der Waals surface area contributed by atoms with Crippen LogP contribution in [0.25, 0.3) is 0 Å². The van der Waals surface area contributed by atoms with E-state index in [-0.39, 0.29) is 11.4 Å². The molecule has 3 heteroatoms. The average molecular weight is 199 g/mol. The molecule has 0 saturated carbocycles. The van der Waals surface area contributed by atoms with Crippen molar-refractivity contribution < 1.29 is 9.90 Å². The molecule has 0 aliphatic rings. The van der Waals surface area contributed by atoms with Crippen molar-refractivity contribution in [2.24, 2.45) is 0 Å². The molecule has 0 aromatic heterocycles. The Bertz CT molecular complexity index is 220. The highest BCUT2D eigenvalue weighted by Gasteiger charge is 2.34. The number of aliphatic hydroxyl groups is 1. The second-order valence-electron chi connectivity index (χ2n) is 4.93. The third-order valence-electron chi connectivity index (χ3n) is 1.89. The first-order valence-electron chi connectivity index (χ1n) is 4.76. The zero-order chi connectivity index (χ0) is 11.6. The minimum absolute atomic E-state index is 0.273. The summed E-state index contributed by atoms with van der Waals surface area (Å²) in [5.74, 6) is -0.273. The Kier molecular flexibility index (Phi) is 3.89. The van der Waals surface area contributed by atoms with Crippen LogP contribution in [-0.4, -0.2) is 33.6 Å². The first-order chi connectivity index (χ1) is 6.10. The Labute approximate surface area is 86.4 Å². The van der Waals surface area contributed by atoms with E-state index in [1.807, 2.05) is 20.8 Å². The van der Waals surface area contributed by atoms with Gasteiger partial charge in [-0.3, -0.25) is 4.79 Å². The van der Waals surface area contributed by atoms with Crippen LogP contribution in [-0.2, 0) is 4.79 Å². The maximum atomic E-state index is 11.8. The van der Waals surface area contributed by atoms with Gasteiger partial charge < -0.3 is 10.0 Å². The number of carbonyl (C=O) groups is 1. The number of rotatable bonds is 3. The summed E-state index contributed by atoms with van der Waals surface area (Å²) in [7, 11) is 0. The van der Waals surface area contributed by atoms with Crippen LogP contribution in [0, 0.1) is 0 Å². The van der Waals surface area contributed by atoms with Crippen LogP contribution in [0.15, 0.2) is 12.7 Å². The van der Waals surface area contributed by atoms with E-state index < -0.39 is 5.60 Å². The SMILES string of the molecule is C=CCN(C(=O)C(C)(C)O)C(C)(C)C. The smallest absolute Gasteiger partial charge is 0.254 e. The first-order valence-corrected chi connectivity index (χ1v) is 4.76. The van der Waals surface area contributed by atoms with Gasteiger partial charge >= 0.3 is 0 Å². The molecular formula is C11H21NO2. The van der Waals surface area contributed by atoms with Gasteiger partial charge in [0.2, 0.25) is 0 Å². The van der Waals surface area contributed by atoms with Gasteiger partial charge in [0.1, 0.15) is 5.60 Å². The number of carbonyl (C=O) groups excluding carboxylic acids is 1. The molecule has 3 nitrogen and oxygen atoms in total. The molecule has 0 radical (unpaired) electrons. The second kappa shape index (κ2) is 4.13. The van der Waals surface area contributed by atoms with E-state index in [1.54, 1.807) is 11.0 Å². The molecule has 0 bridgehead atoms. The fourth-order valence-corrected chi connectivity index (χ4v) is 1.12. The molecule has 0 fully saturated rings. The summed E-state index contributed by atoms with van der Waals surface area (Å²) in [6, 6.07) is 0. The lowest BCUT2D eigenvalue weighted by atomic mass is 10.0. The Hall–Kier alpha value is -0.830. The van der Waals surface area contributed by atoms with Crippen molar-refractivity contribution in [1.82, 2.24) is 4.90 Å². The molecule has 0 aliphatic carbocycles. The van der Waals surface area contributed by atoms with Crippen molar-refractivity contribution in [3.8, 4) is 0 Å². The molecule has 1 N–H and O–H groups in total. The first kappa shape index (κ1) is 13.2. The Morgan fingerprint density at radius 3 is 2.00 bits per heavy atom. The highest BCUT2D eigenvalue weighted by Crippen LogP contribution is 2.18. The fraction of sp³-hybridized carbons (Fsp3) is 0.727. The maximum absolute atomic E-state index is 11.8. The number of hydrogen-bond acceptors (Lipinski definition) is 2. The second-order valence-corrected chi connectivity index (χ2v) is 4.93. The summed E-state index contributed by atoms with van der Waals surface area (Å²) < 4.78 is 0. The van der Waals surface area contributed by atoms with Gasteiger partial charge in [0.15, 0.2) is 0 Å². The van der Waals surface area contributed by atoms with Gasteiger partial charge in [-0.05, 0) is 34.6 Å².